The van der Waals surface area contributed by atoms with E-state index in [2.05, 4.69) is 10.0 Å². The first-order chi connectivity index (χ1) is 15.3. The van der Waals surface area contributed by atoms with Gasteiger partial charge in [0.1, 0.15) is 0 Å². The first-order valence-electron chi connectivity index (χ1n) is 10.0. The Kier molecular flexibility index (Phi) is 6.83. The number of carbonyl (C=O) groups excluding carboxylic acids is 1. The second-order valence-corrected chi connectivity index (χ2v) is 9.51. The van der Waals surface area contributed by atoms with E-state index in [1.807, 2.05) is 13.0 Å². The molecular weight excluding hydrogens is 453 g/mol. The van der Waals surface area contributed by atoms with Crippen molar-refractivity contribution in [3.8, 4) is 0 Å². The van der Waals surface area contributed by atoms with Crippen LogP contribution in [-0.2, 0) is 27.4 Å². The molecule has 1 amide bonds. The third-order valence-corrected chi connectivity index (χ3v) is 6.40. The Labute approximate surface area is 190 Å². The van der Waals surface area contributed by atoms with Crippen LogP contribution in [0.5, 0.6) is 0 Å². The Balaban J connectivity index is 1.79. The lowest BCUT2D eigenvalue weighted by Crippen LogP contribution is -2.17. The van der Waals surface area contributed by atoms with Gasteiger partial charge in [-0.2, -0.15) is 13.2 Å². The molecule has 0 bridgehead atoms. The van der Waals surface area contributed by atoms with Crippen molar-refractivity contribution in [3.63, 3.8) is 0 Å². The zero-order chi connectivity index (χ0) is 24.4. The lowest BCUT2D eigenvalue weighted by Gasteiger charge is -2.14. The third kappa shape index (κ3) is 6.13. The summed E-state index contributed by atoms with van der Waals surface area (Å²) in [5.74, 6) is -0.561. The summed E-state index contributed by atoms with van der Waals surface area (Å²) in [5, 5.41) is 2.60. The van der Waals surface area contributed by atoms with Gasteiger partial charge >= 0.3 is 6.18 Å². The van der Waals surface area contributed by atoms with E-state index in [1.165, 1.54) is 24.3 Å². The summed E-state index contributed by atoms with van der Waals surface area (Å²) in [6.45, 7) is 5.38. The maximum atomic E-state index is 12.9. The van der Waals surface area contributed by atoms with Gasteiger partial charge in [-0.3, -0.25) is 9.52 Å². The average molecular weight is 477 g/mol. The summed E-state index contributed by atoms with van der Waals surface area (Å²) in [6, 6.07) is 14.1. The van der Waals surface area contributed by atoms with Crippen molar-refractivity contribution >= 4 is 27.3 Å². The number of sulfonamides is 1. The number of anilines is 2. The van der Waals surface area contributed by atoms with E-state index in [1.54, 1.807) is 32.0 Å². The number of halogens is 3. The van der Waals surface area contributed by atoms with Crippen LogP contribution in [0.4, 0.5) is 24.5 Å². The van der Waals surface area contributed by atoms with Gasteiger partial charge in [-0.25, -0.2) is 8.42 Å². The summed E-state index contributed by atoms with van der Waals surface area (Å²) in [6.07, 6.45) is -4.80. The van der Waals surface area contributed by atoms with Crippen LogP contribution in [-0.4, -0.2) is 14.3 Å². The minimum atomic E-state index is -4.51. The maximum Gasteiger partial charge on any atom is 0.416 e. The van der Waals surface area contributed by atoms with Gasteiger partial charge in [-0.1, -0.05) is 42.0 Å². The van der Waals surface area contributed by atoms with Gasteiger partial charge in [0.25, 0.3) is 10.0 Å². The number of hydrogen-bond acceptors (Lipinski definition) is 3. The van der Waals surface area contributed by atoms with Crippen molar-refractivity contribution in [2.45, 2.75) is 38.3 Å². The van der Waals surface area contributed by atoms with Gasteiger partial charge in [0.2, 0.25) is 5.91 Å². The molecule has 174 valence electrons. The number of alkyl halides is 3. The van der Waals surface area contributed by atoms with Crippen molar-refractivity contribution in [2.75, 3.05) is 10.0 Å². The molecule has 0 fully saturated rings. The Hall–Kier alpha value is -3.33. The predicted molar refractivity (Wildman–Crippen MR) is 122 cm³/mol. The zero-order valence-corrected chi connectivity index (χ0v) is 19.1. The van der Waals surface area contributed by atoms with Crippen LogP contribution in [0.15, 0.2) is 65.6 Å². The maximum absolute atomic E-state index is 12.9. The Bertz CT molecular complexity index is 1300. The van der Waals surface area contributed by atoms with Gasteiger partial charge in [0.05, 0.1) is 22.6 Å². The minimum Gasteiger partial charge on any atom is -0.326 e. The SMILES string of the molecule is Cc1ccc(NS(=O)(=O)c2ccc(C)c(NC(=O)Cc3cccc(C(F)(F)F)c3)c2)c(C)c1. The van der Waals surface area contributed by atoms with Gasteiger partial charge in [0.15, 0.2) is 0 Å². The number of carbonyl (C=O) groups is 1. The summed E-state index contributed by atoms with van der Waals surface area (Å²) in [5.41, 5.74) is 2.43. The molecule has 9 heteroatoms. The van der Waals surface area contributed by atoms with Crippen molar-refractivity contribution in [1.82, 2.24) is 0 Å². The molecule has 3 rings (SSSR count). The van der Waals surface area contributed by atoms with E-state index in [0.717, 1.165) is 23.3 Å². The third-order valence-electron chi connectivity index (χ3n) is 5.04. The number of benzene rings is 3. The quantitative estimate of drug-likeness (QED) is 0.485. The molecule has 0 saturated carbocycles. The highest BCUT2D eigenvalue weighted by Gasteiger charge is 2.30. The average Bonchev–Trinajstić information content (AvgIpc) is 2.71. The lowest BCUT2D eigenvalue weighted by atomic mass is 10.1. The number of hydrogen-bond donors (Lipinski definition) is 2. The van der Waals surface area contributed by atoms with Crippen LogP contribution < -0.4 is 10.0 Å². The fraction of sp³-hybridized carbons (Fsp3) is 0.208. The van der Waals surface area contributed by atoms with Crippen molar-refractivity contribution < 1.29 is 26.4 Å². The molecule has 0 atom stereocenters. The van der Waals surface area contributed by atoms with E-state index in [-0.39, 0.29) is 22.6 Å². The molecule has 0 saturated heterocycles. The summed E-state index contributed by atoms with van der Waals surface area (Å²) >= 11 is 0. The summed E-state index contributed by atoms with van der Waals surface area (Å²) < 4.78 is 67.0. The van der Waals surface area contributed by atoms with Crippen molar-refractivity contribution in [1.29, 1.82) is 0 Å². The largest absolute Gasteiger partial charge is 0.416 e. The smallest absolute Gasteiger partial charge is 0.326 e. The summed E-state index contributed by atoms with van der Waals surface area (Å²) in [7, 11) is -3.93. The molecule has 0 aliphatic carbocycles. The van der Waals surface area contributed by atoms with Crippen LogP contribution >= 0.6 is 0 Å². The molecule has 3 aromatic rings. The highest BCUT2D eigenvalue weighted by atomic mass is 32.2. The van der Waals surface area contributed by atoms with Crippen LogP contribution in [0.3, 0.4) is 0 Å². The highest BCUT2D eigenvalue weighted by Crippen LogP contribution is 2.30. The molecular formula is C24H23F3N2O3S. The van der Waals surface area contributed by atoms with Crippen molar-refractivity contribution in [2.24, 2.45) is 0 Å². The molecule has 0 heterocycles. The normalized spacial score (nSPS) is 11.8. The van der Waals surface area contributed by atoms with Crippen LogP contribution in [0.2, 0.25) is 0 Å². The number of nitrogens with one attached hydrogen (secondary N) is 2. The molecule has 2 N–H and O–H groups in total. The Morgan fingerprint density at radius 3 is 2.27 bits per heavy atom. The molecule has 0 spiro atoms. The van der Waals surface area contributed by atoms with E-state index in [4.69, 9.17) is 0 Å². The molecule has 3 aromatic carbocycles. The monoisotopic (exact) mass is 476 g/mol. The summed E-state index contributed by atoms with van der Waals surface area (Å²) in [4.78, 5) is 12.4. The van der Waals surface area contributed by atoms with E-state index < -0.39 is 27.7 Å². The van der Waals surface area contributed by atoms with E-state index in [9.17, 15) is 26.4 Å². The fourth-order valence-corrected chi connectivity index (χ4v) is 4.43. The van der Waals surface area contributed by atoms with E-state index >= 15 is 0 Å². The highest BCUT2D eigenvalue weighted by molar-refractivity contribution is 7.92. The molecule has 0 radical (unpaired) electrons. The zero-order valence-electron chi connectivity index (χ0n) is 18.2. The van der Waals surface area contributed by atoms with Gasteiger partial charge in [-0.05, 0) is 61.7 Å². The predicted octanol–water partition coefficient (Wildman–Crippen LogP) is 5.61. The Morgan fingerprint density at radius 1 is 0.879 bits per heavy atom. The van der Waals surface area contributed by atoms with Crippen LogP contribution in [0.1, 0.15) is 27.8 Å². The second-order valence-electron chi connectivity index (χ2n) is 7.82. The van der Waals surface area contributed by atoms with Gasteiger partial charge in [0, 0.05) is 5.69 Å². The molecule has 0 aliphatic rings. The standard InChI is InChI=1S/C24H23F3N2O3S/c1-15-7-10-21(17(3)11-15)29-33(31,32)20-9-8-16(2)22(14-20)28-23(30)13-18-5-4-6-19(12-18)24(25,26)27/h4-12,14,29H,13H2,1-3H3,(H,28,30). The topological polar surface area (TPSA) is 75.3 Å². The number of aryl methyl sites for hydroxylation is 3. The number of rotatable bonds is 6. The molecule has 5 nitrogen and oxygen atoms in total. The molecule has 33 heavy (non-hydrogen) atoms. The molecule has 0 unspecified atom stereocenters. The fourth-order valence-electron chi connectivity index (χ4n) is 3.27. The van der Waals surface area contributed by atoms with Crippen LogP contribution in [0.25, 0.3) is 0 Å². The minimum absolute atomic E-state index is 0.0533. The molecule has 0 aliphatic heterocycles. The lowest BCUT2D eigenvalue weighted by molar-refractivity contribution is -0.137. The van der Waals surface area contributed by atoms with Crippen molar-refractivity contribution in [3.05, 3.63) is 88.5 Å². The first kappa shape index (κ1) is 24.3. The first-order valence-corrected chi connectivity index (χ1v) is 11.5. The van der Waals surface area contributed by atoms with Crippen LogP contribution in [0, 0.1) is 20.8 Å². The molecule has 0 aromatic heterocycles. The van der Waals surface area contributed by atoms with E-state index in [0.29, 0.717) is 11.3 Å². The van der Waals surface area contributed by atoms with Gasteiger partial charge in [-0.15, -0.1) is 0 Å². The second kappa shape index (κ2) is 9.27. The number of amides is 1. The Morgan fingerprint density at radius 2 is 1.61 bits per heavy atom. The van der Waals surface area contributed by atoms with Gasteiger partial charge < -0.3 is 5.32 Å².